The fourth-order valence-corrected chi connectivity index (χ4v) is 3.08. The third-order valence-corrected chi connectivity index (χ3v) is 4.08. The highest BCUT2D eigenvalue weighted by atomic mass is 79.9. The molecule has 2 atom stereocenters. The van der Waals surface area contributed by atoms with Crippen LogP contribution in [-0.2, 0) is 11.2 Å². The molecule has 0 radical (unpaired) electrons. The Labute approximate surface area is 135 Å². The second-order valence-electron chi connectivity index (χ2n) is 5.95. The topological polar surface area (TPSA) is 47.3 Å². The number of ether oxygens (including phenoxy) is 1. The number of hydrogen-bond acceptors (Lipinski definition) is 3. The van der Waals surface area contributed by atoms with Crippen LogP contribution in [0.2, 0.25) is 5.02 Å². The highest BCUT2D eigenvalue weighted by molar-refractivity contribution is 9.10. The second-order valence-corrected chi connectivity index (χ2v) is 7.28. The molecule has 20 heavy (non-hydrogen) atoms. The Balaban J connectivity index is 2.94. The molecule has 3 nitrogen and oxygen atoms in total. The van der Waals surface area contributed by atoms with Gasteiger partial charge in [0.05, 0.1) is 12.1 Å². The molecule has 0 amide bonds. The minimum atomic E-state index is -0.00507. The zero-order valence-electron chi connectivity index (χ0n) is 12.5. The molecule has 1 rings (SSSR count). The smallest absolute Gasteiger partial charge is 0.0792 e. The van der Waals surface area contributed by atoms with E-state index in [1.165, 1.54) is 0 Å². The summed E-state index contributed by atoms with van der Waals surface area (Å²) in [5.41, 5.74) is 3.95. The van der Waals surface area contributed by atoms with E-state index in [4.69, 9.17) is 22.2 Å². The standard InChI is InChI=1S/C15H24BrClN2O/c1-5-20-14(15(2,3)4)13(19-18)8-10-6-7-11(16)9-12(10)17/h6-7,9,13-14,19H,5,8,18H2,1-4H3. The molecule has 0 fully saturated rings. The number of rotatable bonds is 6. The summed E-state index contributed by atoms with van der Waals surface area (Å²) in [7, 11) is 0. The Kier molecular flexibility index (Phi) is 6.95. The molecular weight excluding hydrogens is 340 g/mol. The molecule has 0 bridgehead atoms. The van der Waals surface area contributed by atoms with Crippen LogP contribution in [0.1, 0.15) is 33.3 Å². The van der Waals surface area contributed by atoms with Crippen LogP contribution < -0.4 is 11.3 Å². The maximum atomic E-state index is 6.29. The van der Waals surface area contributed by atoms with E-state index in [9.17, 15) is 0 Å². The largest absolute Gasteiger partial charge is 0.376 e. The third-order valence-electron chi connectivity index (χ3n) is 3.23. The molecule has 0 saturated carbocycles. The Morgan fingerprint density at radius 2 is 2.05 bits per heavy atom. The Morgan fingerprint density at radius 3 is 2.50 bits per heavy atom. The molecule has 0 spiro atoms. The van der Waals surface area contributed by atoms with Crippen LogP contribution in [-0.4, -0.2) is 18.8 Å². The van der Waals surface area contributed by atoms with Gasteiger partial charge in [0.1, 0.15) is 0 Å². The quantitative estimate of drug-likeness (QED) is 0.594. The van der Waals surface area contributed by atoms with Crippen molar-refractivity contribution < 1.29 is 4.74 Å². The molecule has 0 aliphatic heterocycles. The van der Waals surface area contributed by atoms with Crippen molar-refractivity contribution in [3.05, 3.63) is 33.3 Å². The zero-order valence-corrected chi connectivity index (χ0v) is 14.9. The number of halogens is 2. The van der Waals surface area contributed by atoms with Gasteiger partial charge in [-0.1, -0.05) is 54.4 Å². The zero-order chi connectivity index (χ0) is 15.3. The van der Waals surface area contributed by atoms with Crippen molar-refractivity contribution >= 4 is 27.5 Å². The van der Waals surface area contributed by atoms with Crippen molar-refractivity contribution in [3.8, 4) is 0 Å². The molecule has 114 valence electrons. The molecule has 0 aromatic heterocycles. The van der Waals surface area contributed by atoms with E-state index in [0.717, 1.165) is 21.5 Å². The molecule has 0 heterocycles. The predicted molar refractivity (Wildman–Crippen MR) is 88.8 cm³/mol. The van der Waals surface area contributed by atoms with E-state index in [-0.39, 0.29) is 17.6 Å². The van der Waals surface area contributed by atoms with Crippen LogP contribution in [0.25, 0.3) is 0 Å². The first-order valence-corrected chi connectivity index (χ1v) is 7.98. The summed E-state index contributed by atoms with van der Waals surface area (Å²) in [6.45, 7) is 9.12. The lowest BCUT2D eigenvalue weighted by atomic mass is 9.82. The fraction of sp³-hybridized carbons (Fsp3) is 0.600. The maximum Gasteiger partial charge on any atom is 0.0792 e. The summed E-state index contributed by atoms with van der Waals surface area (Å²) in [6, 6.07) is 5.91. The first-order chi connectivity index (χ1) is 9.29. The van der Waals surface area contributed by atoms with Crippen molar-refractivity contribution in [3.63, 3.8) is 0 Å². The van der Waals surface area contributed by atoms with Crippen LogP contribution in [0.5, 0.6) is 0 Å². The van der Waals surface area contributed by atoms with Gasteiger partial charge < -0.3 is 4.74 Å². The van der Waals surface area contributed by atoms with Crippen molar-refractivity contribution in [2.24, 2.45) is 11.3 Å². The van der Waals surface area contributed by atoms with Gasteiger partial charge in [-0.05, 0) is 36.5 Å². The average molecular weight is 364 g/mol. The molecule has 2 unspecified atom stereocenters. The second kappa shape index (κ2) is 7.76. The third kappa shape index (κ3) is 5.01. The monoisotopic (exact) mass is 362 g/mol. The lowest BCUT2D eigenvalue weighted by Gasteiger charge is -2.36. The summed E-state index contributed by atoms with van der Waals surface area (Å²) in [5, 5.41) is 0.740. The van der Waals surface area contributed by atoms with E-state index in [1.807, 2.05) is 25.1 Å². The number of hydrogen-bond donors (Lipinski definition) is 2. The first-order valence-electron chi connectivity index (χ1n) is 6.81. The van der Waals surface area contributed by atoms with Crippen LogP contribution in [0.4, 0.5) is 0 Å². The normalized spacial score (nSPS) is 15.2. The molecule has 0 saturated heterocycles. The van der Waals surface area contributed by atoms with Gasteiger partial charge in [0.25, 0.3) is 0 Å². The number of nitrogens with one attached hydrogen (secondary N) is 1. The van der Waals surface area contributed by atoms with Crippen LogP contribution in [0.15, 0.2) is 22.7 Å². The van der Waals surface area contributed by atoms with Gasteiger partial charge in [-0.25, -0.2) is 0 Å². The number of hydrazine groups is 1. The highest BCUT2D eigenvalue weighted by Gasteiger charge is 2.32. The summed E-state index contributed by atoms with van der Waals surface area (Å²) in [6.07, 6.45) is 0.738. The van der Waals surface area contributed by atoms with E-state index in [2.05, 4.69) is 42.1 Å². The summed E-state index contributed by atoms with van der Waals surface area (Å²) in [5.74, 6) is 5.75. The maximum absolute atomic E-state index is 6.29. The lowest BCUT2D eigenvalue weighted by molar-refractivity contribution is -0.0356. The van der Waals surface area contributed by atoms with Gasteiger partial charge in [0, 0.05) is 16.1 Å². The Hall–Kier alpha value is -0.130. The van der Waals surface area contributed by atoms with Gasteiger partial charge in [-0.2, -0.15) is 0 Å². The Bertz CT molecular complexity index is 434. The van der Waals surface area contributed by atoms with Crippen molar-refractivity contribution in [2.45, 2.75) is 46.3 Å². The van der Waals surface area contributed by atoms with Crippen LogP contribution in [0, 0.1) is 5.41 Å². The van der Waals surface area contributed by atoms with Crippen LogP contribution in [0.3, 0.4) is 0 Å². The van der Waals surface area contributed by atoms with Crippen LogP contribution >= 0.6 is 27.5 Å². The van der Waals surface area contributed by atoms with E-state index >= 15 is 0 Å². The molecule has 5 heteroatoms. The van der Waals surface area contributed by atoms with Crippen molar-refractivity contribution in [1.29, 1.82) is 0 Å². The van der Waals surface area contributed by atoms with Gasteiger partial charge in [0.2, 0.25) is 0 Å². The number of benzene rings is 1. The van der Waals surface area contributed by atoms with Gasteiger partial charge in [-0.3, -0.25) is 11.3 Å². The highest BCUT2D eigenvalue weighted by Crippen LogP contribution is 2.29. The number of nitrogens with two attached hydrogens (primary N) is 1. The van der Waals surface area contributed by atoms with E-state index in [0.29, 0.717) is 6.61 Å². The van der Waals surface area contributed by atoms with Gasteiger partial charge >= 0.3 is 0 Å². The summed E-state index contributed by atoms with van der Waals surface area (Å²) < 4.78 is 6.87. The molecule has 0 aliphatic carbocycles. The molecular formula is C15H24BrClN2O. The van der Waals surface area contributed by atoms with Gasteiger partial charge in [-0.15, -0.1) is 0 Å². The summed E-state index contributed by atoms with van der Waals surface area (Å²) >= 11 is 9.70. The van der Waals surface area contributed by atoms with E-state index in [1.54, 1.807) is 0 Å². The summed E-state index contributed by atoms with van der Waals surface area (Å²) in [4.78, 5) is 0. The fourth-order valence-electron chi connectivity index (χ4n) is 2.33. The Morgan fingerprint density at radius 1 is 1.40 bits per heavy atom. The van der Waals surface area contributed by atoms with Crippen molar-refractivity contribution in [1.82, 2.24) is 5.43 Å². The average Bonchev–Trinajstić information content (AvgIpc) is 2.34. The van der Waals surface area contributed by atoms with Crippen molar-refractivity contribution in [2.75, 3.05) is 6.61 Å². The minimum absolute atomic E-state index is 0.00507. The molecule has 1 aromatic carbocycles. The minimum Gasteiger partial charge on any atom is -0.376 e. The predicted octanol–water partition coefficient (Wildman–Crippen LogP) is 3.93. The molecule has 3 N–H and O–H groups in total. The van der Waals surface area contributed by atoms with Gasteiger partial charge in [0.15, 0.2) is 0 Å². The molecule has 1 aromatic rings. The SMILES string of the molecule is CCOC(C(Cc1ccc(Br)cc1Cl)NN)C(C)(C)C. The first kappa shape index (κ1) is 17.9. The molecule has 0 aliphatic rings. The lowest BCUT2D eigenvalue weighted by Crippen LogP contribution is -2.52. The van der Waals surface area contributed by atoms with E-state index < -0.39 is 0 Å².